The van der Waals surface area contributed by atoms with Crippen molar-refractivity contribution in [3.8, 4) is 0 Å². The Hall–Kier alpha value is -3.15. The van der Waals surface area contributed by atoms with Crippen LogP contribution in [-0.4, -0.2) is 9.91 Å². The van der Waals surface area contributed by atoms with Crippen molar-refractivity contribution >= 4 is 22.3 Å². The van der Waals surface area contributed by atoms with E-state index in [9.17, 15) is 10.1 Å². The minimum atomic E-state index is -0.402. The van der Waals surface area contributed by atoms with Crippen molar-refractivity contribution in [2.24, 2.45) is 10.2 Å². The summed E-state index contributed by atoms with van der Waals surface area (Å²) < 4.78 is 0. The zero-order chi connectivity index (χ0) is 17.9. The molecule has 0 spiro atoms. The van der Waals surface area contributed by atoms with Gasteiger partial charge in [0.25, 0.3) is 5.69 Å². The normalized spacial score (nSPS) is 13.8. The molecule has 4 rings (SSSR count). The molecule has 0 unspecified atom stereocenters. The molecular formula is C20H18N4O2. The lowest BCUT2D eigenvalue weighted by molar-refractivity contribution is -0.384. The zero-order valence-electron chi connectivity index (χ0n) is 14.3. The van der Waals surface area contributed by atoms with Gasteiger partial charge in [-0.15, -0.1) is 0 Å². The Labute approximate surface area is 150 Å². The highest BCUT2D eigenvalue weighted by molar-refractivity contribution is 5.91. The lowest BCUT2D eigenvalue weighted by Gasteiger charge is -2.18. The fraction of sp³-hybridized carbons (Fsp3) is 0.250. The van der Waals surface area contributed by atoms with Crippen molar-refractivity contribution in [2.75, 3.05) is 0 Å². The number of hydrogen-bond donors (Lipinski definition) is 0. The molecule has 1 aliphatic rings. The Morgan fingerprint density at radius 2 is 1.81 bits per heavy atom. The summed E-state index contributed by atoms with van der Waals surface area (Å²) in [5.74, 6) is 0. The average Bonchev–Trinajstić information content (AvgIpc) is 2.68. The molecule has 130 valence electrons. The summed E-state index contributed by atoms with van der Waals surface area (Å²) in [6.45, 7) is 0.392. The number of aromatic nitrogens is 1. The largest absolute Gasteiger partial charge is 0.269 e. The number of non-ortho nitro benzene ring substituents is 1. The summed E-state index contributed by atoms with van der Waals surface area (Å²) in [5, 5.41) is 20.7. The summed E-state index contributed by atoms with van der Waals surface area (Å²) in [6.07, 6.45) is 4.29. The van der Waals surface area contributed by atoms with Crippen molar-refractivity contribution in [3.05, 3.63) is 75.5 Å². The summed E-state index contributed by atoms with van der Waals surface area (Å²) in [5.41, 5.74) is 5.21. The number of hydrogen-bond acceptors (Lipinski definition) is 5. The van der Waals surface area contributed by atoms with Gasteiger partial charge in [0.15, 0.2) is 0 Å². The minimum Gasteiger partial charge on any atom is -0.258 e. The van der Waals surface area contributed by atoms with Crippen molar-refractivity contribution in [2.45, 2.75) is 32.2 Å². The highest BCUT2D eigenvalue weighted by atomic mass is 16.6. The van der Waals surface area contributed by atoms with Crippen LogP contribution < -0.4 is 0 Å². The van der Waals surface area contributed by atoms with Gasteiger partial charge in [-0.25, -0.2) is 0 Å². The van der Waals surface area contributed by atoms with Crippen molar-refractivity contribution in [3.63, 3.8) is 0 Å². The van der Waals surface area contributed by atoms with Crippen LogP contribution >= 0.6 is 0 Å². The highest BCUT2D eigenvalue weighted by Crippen LogP contribution is 2.35. The molecule has 1 aliphatic carbocycles. The van der Waals surface area contributed by atoms with Gasteiger partial charge in [0.1, 0.15) is 0 Å². The SMILES string of the molecule is O=[N+]([O-])c1ccc(CN=Nc2c3c(nc4ccccc24)CCCC3)cc1. The molecule has 0 amide bonds. The maximum absolute atomic E-state index is 10.7. The molecule has 6 heteroatoms. The van der Waals surface area contributed by atoms with Crippen molar-refractivity contribution in [1.29, 1.82) is 0 Å². The van der Waals surface area contributed by atoms with Crippen LogP contribution in [0.4, 0.5) is 11.4 Å². The third-order valence-electron chi connectivity index (χ3n) is 4.71. The van der Waals surface area contributed by atoms with Crippen LogP contribution in [0.3, 0.4) is 0 Å². The van der Waals surface area contributed by atoms with Gasteiger partial charge in [0.2, 0.25) is 0 Å². The molecule has 1 aromatic heterocycles. The number of fused-ring (bicyclic) bond motifs is 2. The summed E-state index contributed by atoms with van der Waals surface area (Å²) in [4.78, 5) is 15.1. The number of nitro benzene ring substituents is 1. The van der Waals surface area contributed by atoms with E-state index in [1.54, 1.807) is 12.1 Å². The number of benzene rings is 2. The van der Waals surface area contributed by atoms with Gasteiger partial charge in [0, 0.05) is 28.8 Å². The third kappa shape index (κ3) is 3.18. The zero-order valence-corrected chi connectivity index (χ0v) is 14.3. The van der Waals surface area contributed by atoms with Crippen LogP contribution in [0.25, 0.3) is 10.9 Å². The van der Waals surface area contributed by atoms with Gasteiger partial charge in [0.05, 0.1) is 22.7 Å². The molecule has 6 nitrogen and oxygen atoms in total. The van der Waals surface area contributed by atoms with Crippen LogP contribution in [0.15, 0.2) is 58.8 Å². The smallest absolute Gasteiger partial charge is 0.258 e. The summed E-state index contributed by atoms with van der Waals surface area (Å²) >= 11 is 0. The van der Waals surface area contributed by atoms with E-state index in [1.165, 1.54) is 17.7 Å². The van der Waals surface area contributed by atoms with E-state index in [0.29, 0.717) is 6.54 Å². The molecule has 0 aliphatic heterocycles. The van der Waals surface area contributed by atoms with E-state index in [2.05, 4.69) is 10.2 Å². The number of rotatable bonds is 4. The molecule has 0 N–H and O–H groups in total. The second-order valence-electron chi connectivity index (χ2n) is 6.43. The fourth-order valence-corrected chi connectivity index (χ4v) is 3.37. The van der Waals surface area contributed by atoms with Crippen LogP contribution in [-0.2, 0) is 19.4 Å². The first-order valence-corrected chi connectivity index (χ1v) is 8.74. The number of azo groups is 1. The molecule has 2 aromatic carbocycles. The first-order valence-electron chi connectivity index (χ1n) is 8.74. The first kappa shape index (κ1) is 16.3. The van der Waals surface area contributed by atoms with Gasteiger partial charge < -0.3 is 0 Å². The number of aryl methyl sites for hydroxylation is 1. The van der Waals surface area contributed by atoms with Gasteiger partial charge in [-0.3, -0.25) is 15.1 Å². The lowest BCUT2D eigenvalue weighted by atomic mass is 9.93. The molecule has 1 heterocycles. The summed E-state index contributed by atoms with van der Waals surface area (Å²) in [7, 11) is 0. The standard InChI is InChI=1S/C20H18N4O2/c25-24(26)15-11-9-14(10-12-15)13-21-23-20-16-5-1-3-7-18(16)22-19-8-4-2-6-17(19)20/h1,3,5,7,9-12H,2,4,6,8,13H2. The maximum Gasteiger partial charge on any atom is 0.269 e. The number of pyridine rings is 1. The molecular weight excluding hydrogens is 328 g/mol. The molecule has 0 saturated carbocycles. The molecule has 0 fully saturated rings. The Kier molecular flexibility index (Phi) is 4.39. The van der Waals surface area contributed by atoms with Crippen LogP contribution in [0.5, 0.6) is 0 Å². The Bertz CT molecular complexity index is 997. The van der Waals surface area contributed by atoms with E-state index < -0.39 is 4.92 Å². The number of nitro groups is 1. The quantitative estimate of drug-likeness (QED) is 0.365. The van der Waals surface area contributed by atoms with E-state index in [0.717, 1.165) is 53.5 Å². The minimum absolute atomic E-state index is 0.0832. The van der Waals surface area contributed by atoms with Crippen LogP contribution in [0, 0.1) is 10.1 Å². The van der Waals surface area contributed by atoms with Crippen molar-refractivity contribution < 1.29 is 4.92 Å². The van der Waals surface area contributed by atoms with Gasteiger partial charge >= 0.3 is 0 Å². The lowest BCUT2D eigenvalue weighted by Crippen LogP contribution is -2.06. The number of nitrogens with zero attached hydrogens (tertiary/aromatic N) is 4. The Morgan fingerprint density at radius 1 is 1.04 bits per heavy atom. The number of para-hydroxylation sites is 1. The first-order chi connectivity index (χ1) is 12.7. The summed E-state index contributed by atoms with van der Waals surface area (Å²) in [6, 6.07) is 14.5. The predicted octanol–water partition coefficient (Wildman–Crippen LogP) is 5.31. The van der Waals surface area contributed by atoms with Gasteiger partial charge in [-0.1, -0.05) is 30.3 Å². The Balaban J connectivity index is 1.65. The topological polar surface area (TPSA) is 80.8 Å². The fourth-order valence-electron chi connectivity index (χ4n) is 3.37. The molecule has 0 atom stereocenters. The second-order valence-corrected chi connectivity index (χ2v) is 6.43. The second kappa shape index (κ2) is 7.00. The van der Waals surface area contributed by atoms with Gasteiger partial charge in [-0.2, -0.15) is 10.2 Å². The van der Waals surface area contributed by atoms with E-state index >= 15 is 0 Å². The molecule has 0 saturated heterocycles. The maximum atomic E-state index is 10.7. The van der Waals surface area contributed by atoms with E-state index in [4.69, 9.17) is 4.98 Å². The third-order valence-corrected chi connectivity index (χ3v) is 4.71. The van der Waals surface area contributed by atoms with Gasteiger partial charge in [-0.05, 0) is 37.3 Å². The molecule has 3 aromatic rings. The van der Waals surface area contributed by atoms with Crippen LogP contribution in [0.2, 0.25) is 0 Å². The van der Waals surface area contributed by atoms with Crippen LogP contribution in [0.1, 0.15) is 29.7 Å². The predicted molar refractivity (Wildman–Crippen MR) is 99.7 cm³/mol. The molecule has 26 heavy (non-hydrogen) atoms. The molecule has 0 bridgehead atoms. The van der Waals surface area contributed by atoms with E-state index in [-0.39, 0.29) is 5.69 Å². The van der Waals surface area contributed by atoms with E-state index in [1.807, 2.05) is 24.3 Å². The van der Waals surface area contributed by atoms with Crippen molar-refractivity contribution in [1.82, 2.24) is 4.98 Å². The average molecular weight is 346 g/mol. The monoisotopic (exact) mass is 346 g/mol. The molecule has 0 radical (unpaired) electrons. The highest BCUT2D eigenvalue weighted by Gasteiger charge is 2.17. The Morgan fingerprint density at radius 3 is 2.62 bits per heavy atom.